The third kappa shape index (κ3) is 2.64. The number of aromatic nitrogens is 2. The number of carbonyl (C=O) groups is 1. The molecule has 0 radical (unpaired) electrons. The number of ether oxygens (including phenoxy) is 1. The van der Waals surface area contributed by atoms with Crippen molar-refractivity contribution in [3.8, 4) is 0 Å². The number of morpholine rings is 1. The van der Waals surface area contributed by atoms with Gasteiger partial charge in [0.25, 0.3) is 5.91 Å². The molecule has 0 saturated carbocycles. The molecule has 22 heavy (non-hydrogen) atoms. The van der Waals surface area contributed by atoms with E-state index in [1.165, 1.54) is 0 Å². The van der Waals surface area contributed by atoms with E-state index in [0.29, 0.717) is 30.2 Å². The van der Waals surface area contributed by atoms with Gasteiger partial charge in [-0.25, -0.2) is 0 Å². The summed E-state index contributed by atoms with van der Waals surface area (Å²) in [6.45, 7) is 5.08. The van der Waals surface area contributed by atoms with Crippen molar-refractivity contribution in [1.29, 1.82) is 0 Å². The highest BCUT2D eigenvalue weighted by Gasteiger charge is 2.38. The summed E-state index contributed by atoms with van der Waals surface area (Å²) in [4.78, 5) is 17.1. The second-order valence-corrected chi connectivity index (χ2v) is 6.44. The van der Waals surface area contributed by atoms with Crippen LogP contribution in [0.4, 0.5) is 0 Å². The van der Waals surface area contributed by atoms with Crippen molar-refractivity contribution < 1.29 is 9.53 Å². The third-order valence-corrected chi connectivity index (χ3v) is 5.18. The molecule has 0 unspecified atom stereocenters. The maximum absolute atomic E-state index is 12.9. The molecule has 1 amide bonds. The minimum Gasteiger partial charge on any atom is -0.375 e. The molecule has 6 nitrogen and oxygen atoms in total. The Hall–Kier alpha value is -1.11. The number of rotatable bonds is 2. The predicted molar refractivity (Wildman–Crippen MR) is 84.3 cm³/mol. The highest BCUT2D eigenvalue weighted by molar-refractivity contribution is 6.33. The molecule has 0 bridgehead atoms. The largest absolute Gasteiger partial charge is 0.375 e. The lowest BCUT2D eigenvalue weighted by Crippen LogP contribution is -2.59. The molecule has 7 heteroatoms. The summed E-state index contributed by atoms with van der Waals surface area (Å²) in [5.74, 6) is -0.00706. The van der Waals surface area contributed by atoms with Crippen LogP contribution in [-0.4, -0.2) is 70.9 Å². The fraction of sp³-hybridized carbons (Fsp3) is 0.733. The van der Waals surface area contributed by atoms with Gasteiger partial charge >= 0.3 is 0 Å². The summed E-state index contributed by atoms with van der Waals surface area (Å²) in [6, 6.07) is 0.270. The van der Waals surface area contributed by atoms with Crippen LogP contribution in [0.5, 0.6) is 0 Å². The van der Waals surface area contributed by atoms with Crippen molar-refractivity contribution in [3.05, 3.63) is 16.4 Å². The number of aryl methyl sites for hydroxylation is 2. The number of nitrogens with zero attached hydrogens (tertiary/aromatic N) is 4. The molecule has 0 spiro atoms. The van der Waals surface area contributed by atoms with Gasteiger partial charge in [-0.3, -0.25) is 14.4 Å². The lowest BCUT2D eigenvalue weighted by Gasteiger charge is -2.45. The van der Waals surface area contributed by atoms with E-state index in [-0.39, 0.29) is 18.1 Å². The van der Waals surface area contributed by atoms with E-state index < -0.39 is 0 Å². The lowest BCUT2D eigenvalue weighted by atomic mass is 9.98. The molecule has 2 fully saturated rings. The number of piperidine rings is 1. The first-order valence-corrected chi connectivity index (χ1v) is 8.23. The first-order chi connectivity index (χ1) is 10.5. The van der Waals surface area contributed by atoms with Gasteiger partial charge in [0.1, 0.15) is 5.15 Å². The lowest BCUT2D eigenvalue weighted by molar-refractivity contribution is -0.0893. The Balaban J connectivity index is 1.81. The van der Waals surface area contributed by atoms with E-state index in [1.807, 2.05) is 11.8 Å². The van der Waals surface area contributed by atoms with E-state index >= 15 is 0 Å². The topological polar surface area (TPSA) is 50.6 Å². The van der Waals surface area contributed by atoms with Gasteiger partial charge in [-0.2, -0.15) is 5.10 Å². The van der Waals surface area contributed by atoms with Crippen molar-refractivity contribution >= 4 is 17.5 Å². The van der Waals surface area contributed by atoms with Crippen LogP contribution in [-0.2, 0) is 18.2 Å². The minimum absolute atomic E-state index is 0.00706. The minimum atomic E-state index is -0.00706. The summed E-state index contributed by atoms with van der Waals surface area (Å²) in [6.07, 6.45) is 1.81. The Kier molecular flexibility index (Phi) is 4.43. The average molecular weight is 327 g/mol. The molecule has 1 aromatic heterocycles. The molecule has 2 saturated heterocycles. The van der Waals surface area contributed by atoms with E-state index in [9.17, 15) is 4.79 Å². The van der Waals surface area contributed by atoms with Gasteiger partial charge in [0.05, 0.1) is 30.0 Å². The molecule has 0 N–H and O–H groups in total. The normalized spacial score (nSPS) is 26.1. The van der Waals surface area contributed by atoms with Gasteiger partial charge in [0, 0.05) is 26.7 Å². The monoisotopic (exact) mass is 326 g/mol. The van der Waals surface area contributed by atoms with Gasteiger partial charge in [-0.05, 0) is 19.9 Å². The number of carbonyl (C=O) groups excluding carboxylic acids is 1. The van der Waals surface area contributed by atoms with Gasteiger partial charge in [0.15, 0.2) is 0 Å². The van der Waals surface area contributed by atoms with Gasteiger partial charge in [-0.15, -0.1) is 0 Å². The molecule has 1 aromatic rings. The standard InChI is InChI=1S/C15H23ClN4O2/c1-4-10-13(14(16)19(3)17-10)15(21)20-6-5-12-11(9-20)18(2)7-8-22-12/h11-12H,4-9H2,1-3H3/t11-,12-/m0/s1. The van der Waals surface area contributed by atoms with Crippen molar-refractivity contribution in [2.75, 3.05) is 33.3 Å². The Morgan fingerprint density at radius 1 is 1.41 bits per heavy atom. The third-order valence-electron chi connectivity index (χ3n) is 4.75. The zero-order chi connectivity index (χ0) is 15.9. The summed E-state index contributed by atoms with van der Waals surface area (Å²) in [5.41, 5.74) is 1.33. The molecule has 2 atom stereocenters. The van der Waals surface area contributed by atoms with Crippen molar-refractivity contribution in [2.45, 2.75) is 31.9 Å². The number of hydrogen-bond donors (Lipinski definition) is 0. The Bertz CT molecular complexity index is 574. The average Bonchev–Trinajstić information content (AvgIpc) is 2.81. The maximum Gasteiger partial charge on any atom is 0.258 e. The Labute approximate surface area is 136 Å². The van der Waals surface area contributed by atoms with Crippen LogP contribution < -0.4 is 0 Å². The smallest absolute Gasteiger partial charge is 0.258 e. The molecule has 3 rings (SSSR count). The highest BCUT2D eigenvalue weighted by Crippen LogP contribution is 2.26. The number of hydrogen-bond acceptors (Lipinski definition) is 4. The summed E-state index contributed by atoms with van der Waals surface area (Å²) >= 11 is 6.29. The highest BCUT2D eigenvalue weighted by atomic mass is 35.5. The number of halogens is 1. The number of likely N-dealkylation sites (tertiary alicyclic amines) is 1. The number of likely N-dealkylation sites (N-methyl/N-ethyl adjacent to an activating group) is 1. The molecular weight excluding hydrogens is 304 g/mol. The summed E-state index contributed by atoms with van der Waals surface area (Å²) in [5, 5.41) is 4.77. The Morgan fingerprint density at radius 3 is 2.91 bits per heavy atom. The first-order valence-electron chi connectivity index (χ1n) is 7.85. The van der Waals surface area contributed by atoms with Crippen LogP contribution >= 0.6 is 11.6 Å². The second-order valence-electron chi connectivity index (χ2n) is 6.09. The van der Waals surface area contributed by atoms with Crippen LogP contribution in [0.2, 0.25) is 5.15 Å². The van der Waals surface area contributed by atoms with Crippen molar-refractivity contribution in [3.63, 3.8) is 0 Å². The molecule has 0 aromatic carbocycles. The quantitative estimate of drug-likeness (QED) is 0.819. The molecule has 2 aliphatic rings. The van der Waals surface area contributed by atoms with Crippen LogP contribution in [0.15, 0.2) is 0 Å². The predicted octanol–water partition coefficient (Wildman–Crippen LogP) is 1.18. The molecular formula is C15H23ClN4O2. The van der Waals surface area contributed by atoms with Crippen LogP contribution in [0.3, 0.4) is 0 Å². The van der Waals surface area contributed by atoms with Gasteiger partial charge in [-0.1, -0.05) is 18.5 Å². The van der Waals surface area contributed by atoms with Crippen molar-refractivity contribution in [1.82, 2.24) is 19.6 Å². The second kappa shape index (κ2) is 6.18. The van der Waals surface area contributed by atoms with Crippen LogP contribution in [0.25, 0.3) is 0 Å². The van der Waals surface area contributed by atoms with Gasteiger partial charge < -0.3 is 9.64 Å². The number of amides is 1. The van der Waals surface area contributed by atoms with E-state index in [2.05, 4.69) is 17.0 Å². The van der Waals surface area contributed by atoms with Gasteiger partial charge in [0.2, 0.25) is 0 Å². The van der Waals surface area contributed by atoms with E-state index in [1.54, 1.807) is 11.7 Å². The SMILES string of the molecule is CCc1nn(C)c(Cl)c1C(=O)N1CC[C@@H]2OCCN(C)[C@H]2C1. The molecule has 2 aliphatic heterocycles. The first kappa shape index (κ1) is 15.8. The zero-order valence-corrected chi connectivity index (χ0v) is 14.1. The fourth-order valence-electron chi connectivity index (χ4n) is 3.40. The van der Waals surface area contributed by atoms with Crippen LogP contribution in [0, 0.1) is 0 Å². The van der Waals surface area contributed by atoms with Crippen LogP contribution in [0.1, 0.15) is 29.4 Å². The Morgan fingerprint density at radius 2 is 2.18 bits per heavy atom. The summed E-state index contributed by atoms with van der Waals surface area (Å²) < 4.78 is 7.42. The maximum atomic E-state index is 12.9. The molecule has 3 heterocycles. The molecule has 0 aliphatic carbocycles. The van der Waals surface area contributed by atoms with E-state index in [4.69, 9.17) is 16.3 Å². The van der Waals surface area contributed by atoms with E-state index in [0.717, 1.165) is 25.3 Å². The fourth-order valence-corrected chi connectivity index (χ4v) is 3.63. The summed E-state index contributed by atoms with van der Waals surface area (Å²) in [7, 11) is 3.87. The van der Waals surface area contributed by atoms with Crippen molar-refractivity contribution in [2.24, 2.45) is 7.05 Å². The zero-order valence-electron chi connectivity index (χ0n) is 13.4. The molecule has 122 valence electrons. The number of fused-ring (bicyclic) bond motifs is 1.